The van der Waals surface area contributed by atoms with Gasteiger partial charge in [0.15, 0.2) is 0 Å². The minimum Gasteiger partial charge on any atom is -0.384 e. The van der Waals surface area contributed by atoms with Crippen LogP contribution >= 0.6 is 15.9 Å². The minimum atomic E-state index is -4.36. The summed E-state index contributed by atoms with van der Waals surface area (Å²) in [6.45, 7) is 1.84. The summed E-state index contributed by atoms with van der Waals surface area (Å²) < 4.78 is 38.3. The number of alkyl halides is 3. The summed E-state index contributed by atoms with van der Waals surface area (Å²) >= 11 is 3.33. The maximum absolute atomic E-state index is 12.5. The zero-order valence-corrected chi connectivity index (χ0v) is 12.2. The monoisotopic (exact) mass is 344 g/mol. The van der Waals surface area contributed by atoms with Crippen LogP contribution in [-0.4, -0.2) is 5.11 Å². The van der Waals surface area contributed by atoms with Gasteiger partial charge in [0.1, 0.15) is 6.10 Å². The zero-order chi connectivity index (χ0) is 14.9. The van der Waals surface area contributed by atoms with Gasteiger partial charge in [-0.2, -0.15) is 13.2 Å². The second-order valence-electron chi connectivity index (χ2n) is 4.52. The van der Waals surface area contributed by atoms with Crippen LogP contribution in [0, 0.1) is 6.92 Å². The van der Waals surface area contributed by atoms with Gasteiger partial charge in [-0.25, -0.2) is 0 Å². The van der Waals surface area contributed by atoms with Crippen LogP contribution in [0.1, 0.15) is 28.4 Å². The summed E-state index contributed by atoms with van der Waals surface area (Å²) in [4.78, 5) is 0. The summed E-state index contributed by atoms with van der Waals surface area (Å²) in [7, 11) is 0. The van der Waals surface area contributed by atoms with Crippen molar-refractivity contribution in [1.82, 2.24) is 0 Å². The molecule has 1 N–H and O–H groups in total. The number of aryl methyl sites for hydroxylation is 1. The van der Waals surface area contributed by atoms with Gasteiger partial charge in [-0.1, -0.05) is 34.1 Å². The van der Waals surface area contributed by atoms with Gasteiger partial charge in [-0.15, -0.1) is 0 Å². The molecule has 106 valence electrons. The van der Waals surface area contributed by atoms with Crippen LogP contribution < -0.4 is 0 Å². The molecule has 2 aromatic rings. The topological polar surface area (TPSA) is 20.2 Å². The summed E-state index contributed by atoms with van der Waals surface area (Å²) in [6.07, 6.45) is -5.30. The first-order chi connectivity index (χ1) is 9.29. The Morgan fingerprint density at radius 2 is 1.65 bits per heavy atom. The van der Waals surface area contributed by atoms with E-state index in [9.17, 15) is 18.3 Å². The first-order valence-electron chi connectivity index (χ1n) is 5.90. The van der Waals surface area contributed by atoms with Gasteiger partial charge < -0.3 is 5.11 Å². The van der Waals surface area contributed by atoms with E-state index in [2.05, 4.69) is 15.9 Å². The molecule has 0 bridgehead atoms. The first kappa shape index (κ1) is 15.1. The summed E-state index contributed by atoms with van der Waals surface area (Å²) in [5.74, 6) is 0. The van der Waals surface area contributed by atoms with Crippen molar-refractivity contribution in [2.45, 2.75) is 19.2 Å². The highest BCUT2D eigenvalue weighted by Crippen LogP contribution is 2.32. The zero-order valence-electron chi connectivity index (χ0n) is 10.6. The van der Waals surface area contributed by atoms with E-state index < -0.39 is 17.8 Å². The Kier molecular flexibility index (Phi) is 4.20. The molecule has 0 aliphatic heterocycles. The predicted octanol–water partition coefficient (Wildman–Crippen LogP) is 4.86. The molecule has 0 aromatic heterocycles. The van der Waals surface area contributed by atoms with Crippen LogP contribution in [0.5, 0.6) is 0 Å². The molecule has 5 heteroatoms. The predicted molar refractivity (Wildman–Crippen MR) is 74.4 cm³/mol. The number of rotatable bonds is 2. The first-order valence-corrected chi connectivity index (χ1v) is 6.69. The molecule has 0 amide bonds. The van der Waals surface area contributed by atoms with Gasteiger partial charge in [-0.3, -0.25) is 0 Å². The molecule has 2 rings (SSSR count). The molecule has 1 unspecified atom stereocenters. The van der Waals surface area contributed by atoms with Crippen LogP contribution in [0.25, 0.3) is 0 Å². The van der Waals surface area contributed by atoms with Gasteiger partial charge in [0, 0.05) is 4.47 Å². The SMILES string of the molecule is Cc1cc(Br)ccc1C(O)c1ccc(C(F)(F)F)cc1. The van der Waals surface area contributed by atoms with E-state index >= 15 is 0 Å². The Bertz CT molecular complexity index is 606. The smallest absolute Gasteiger partial charge is 0.384 e. The largest absolute Gasteiger partial charge is 0.416 e. The van der Waals surface area contributed by atoms with E-state index in [-0.39, 0.29) is 0 Å². The minimum absolute atomic E-state index is 0.434. The molecule has 0 saturated heterocycles. The lowest BCUT2D eigenvalue weighted by Crippen LogP contribution is -2.06. The molecule has 20 heavy (non-hydrogen) atoms. The van der Waals surface area contributed by atoms with Gasteiger partial charge in [-0.05, 0) is 47.9 Å². The molecule has 0 spiro atoms. The Morgan fingerprint density at radius 1 is 1.05 bits per heavy atom. The Balaban J connectivity index is 2.31. The average molecular weight is 345 g/mol. The van der Waals surface area contributed by atoms with Gasteiger partial charge >= 0.3 is 6.18 Å². The number of benzene rings is 2. The van der Waals surface area contributed by atoms with Crippen LogP contribution in [0.4, 0.5) is 13.2 Å². The van der Waals surface area contributed by atoms with E-state index in [0.717, 1.165) is 22.2 Å². The molecule has 0 fully saturated rings. The molecule has 0 aliphatic rings. The molecular weight excluding hydrogens is 333 g/mol. The Morgan fingerprint density at radius 3 is 2.15 bits per heavy atom. The van der Waals surface area contributed by atoms with Crippen molar-refractivity contribution >= 4 is 15.9 Å². The summed E-state index contributed by atoms with van der Waals surface area (Å²) in [5, 5.41) is 10.3. The molecule has 0 saturated carbocycles. The molecule has 1 atom stereocenters. The lowest BCUT2D eigenvalue weighted by atomic mass is 9.97. The van der Waals surface area contributed by atoms with Crippen LogP contribution in [0.15, 0.2) is 46.9 Å². The number of hydrogen-bond donors (Lipinski definition) is 1. The van der Waals surface area contributed by atoms with Crippen molar-refractivity contribution in [1.29, 1.82) is 0 Å². The van der Waals surface area contributed by atoms with Crippen LogP contribution in [0.3, 0.4) is 0 Å². The Labute approximate surface area is 123 Å². The molecular formula is C15H12BrF3O. The van der Waals surface area contributed by atoms with Gasteiger partial charge in [0.05, 0.1) is 5.56 Å². The highest BCUT2D eigenvalue weighted by atomic mass is 79.9. The third-order valence-corrected chi connectivity index (χ3v) is 3.57. The van der Waals surface area contributed by atoms with Crippen molar-refractivity contribution in [2.24, 2.45) is 0 Å². The molecule has 0 heterocycles. The van der Waals surface area contributed by atoms with Gasteiger partial charge in [0.2, 0.25) is 0 Å². The normalized spacial score (nSPS) is 13.3. The van der Waals surface area contributed by atoms with E-state index in [4.69, 9.17) is 0 Å². The molecule has 0 aliphatic carbocycles. The number of hydrogen-bond acceptors (Lipinski definition) is 1. The number of aliphatic hydroxyl groups is 1. The van der Waals surface area contributed by atoms with Crippen molar-refractivity contribution in [3.8, 4) is 0 Å². The van der Waals surface area contributed by atoms with Crippen molar-refractivity contribution in [2.75, 3.05) is 0 Å². The Hall–Kier alpha value is -1.33. The lowest BCUT2D eigenvalue weighted by Gasteiger charge is -2.15. The second kappa shape index (κ2) is 5.58. The number of aliphatic hydroxyl groups excluding tert-OH is 1. The lowest BCUT2D eigenvalue weighted by molar-refractivity contribution is -0.137. The fourth-order valence-corrected chi connectivity index (χ4v) is 2.46. The second-order valence-corrected chi connectivity index (χ2v) is 5.44. The van der Waals surface area contributed by atoms with E-state index in [1.807, 2.05) is 13.0 Å². The highest BCUT2D eigenvalue weighted by Gasteiger charge is 2.30. The van der Waals surface area contributed by atoms with Crippen molar-refractivity contribution < 1.29 is 18.3 Å². The molecule has 0 radical (unpaired) electrons. The average Bonchev–Trinajstić information content (AvgIpc) is 2.37. The third kappa shape index (κ3) is 3.22. The fourth-order valence-electron chi connectivity index (χ4n) is 1.98. The fraction of sp³-hybridized carbons (Fsp3) is 0.200. The summed E-state index contributed by atoms with van der Waals surface area (Å²) in [5.41, 5.74) is 1.25. The third-order valence-electron chi connectivity index (χ3n) is 3.08. The van der Waals surface area contributed by atoms with Crippen molar-refractivity contribution in [3.05, 3.63) is 69.2 Å². The van der Waals surface area contributed by atoms with Gasteiger partial charge in [0.25, 0.3) is 0 Å². The van der Waals surface area contributed by atoms with E-state index in [1.165, 1.54) is 12.1 Å². The van der Waals surface area contributed by atoms with Crippen LogP contribution in [0.2, 0.25) is 0 Å². The van der Waals surface area contributed by atoms with E-state index in [1.54, 1.807) is 12.1 Å². The molecule has 2 aromatic carbocycles. The number of halogens is 4. The molecule has 1 nitrogen and oxygen atoms in total. The van der Waals surface area contributed by atoms with Crippen LogP contribution in [-0.2, 0) is 6.18 Å². The summed E-state index contributed by atoms with van der Waals surface area (Å²) in [6, 6.07) is 9.95. The quantitative estimate of drug-likeness (QED) is 0.824. The standard InChI is InChI=1S/C15H12BrF3O/c1-9-8-12(16)6-7-13(9)14(20)10-2-4-11(5-3-10)15(17,18)19/h2-8,14,20H,1H3. The van der Waals surface area contributed by atoms with E-state index in [0.29, 0.717) is 11.1 Å². The highest BCUT2D eigenvalue weighted by molar-refractivity contribution is 9.10. The maximum atomic E-state index is 12.5. The maximum Gasteiger partial charge on any atom is 0.416 e. The van der Waals surface area contributed by atoms with Crippen molar-refractivity contribution in [3.63, 3.8) is 0 Å².